The number of nitrogens with zero attached hydrogens (tertiary/aromatic N) is 1. The molecule has 2 rings (SSSR count). The lowest BCUT2D eigenvalue weighted by molar-refractivity contribution is -0.125. The molecule has 8 heteroatoms. The number of carbonyl (C=O) groups excluding carboxylic acids is 3. The average molecular weight is 341 g/mol. The smallest absolute Gasteiger partial charge is 0.324 e. The Kier molecular flexibility index (Phi) is 7.50. The van der Waals surface area contributed by atoms with Crippen molar-refractivity contribution in [3.63, 3.8) is 0 Å². The third-order valence-electron chi connectivity index (χ3n) is 3.33. The lowest BCUT2D eigenvalue weighted by Gasteiger charge is -2.12. The number of hydrogen-bond acceptors (Lipinski definition) is 4. The van der Waals surface area contributed by atoms with Crippen molar-refractivity contribution in [3.05, 3.63) is 35.4 Å². The summed E-state index contributed by atoms with van der Waals surface area (Å²) in [5.74, 6) is -0.380. The molecule has 4 amide bonds. The Balaban J connectivity index is 0.00000264. The second-order valence-electron chi connectivity index (χ2n) is 4.94. The first-order valence-electron chi connectivity index (χ1n) is 7.28. The second-order valence-corrected chi connectivity index (χ2v) is 4.94. The van der Waals surface area contributed by atoms with E-state index in [1.807, 2.05) is 6.92 Å². The van der Waals surface area contributed by atoms with E-state index < -0.39 is 0 Å². The molecule has 1 heterocycles. The predicted molar refractivity (Wildman–Crippen MR) is 88.5 cm³/mol. The zero-order valence-electron chi connectivity index (χ0n) is 12.9. The summed E-state index contributed by atoms with van der Waals surface area (Å²) >= 11 is 0. The molecule has 0 atom stereocenters. The van der Waals surface area contributed by atoms with Crippen molar-refractivity contribution in [1.82, 2.24) is 20.9 Å². The lowest BCUT2D eigenvalue weighted by atomic mass is 10.1. The lowest BCUT2D eigenvalue weighted by Crippen LogP contribution is -2.32. The highest BCUT2D eigenvalue weighted by Gasteiger charge is 2.28. The van der Waals surface area contributed by atoms with Crippen molar-refractivity contribution >= 4 is 30.3 Å². The summed E-state index contributed by atoms with van der Waals surface area (Å²) in [7, 11) is 0. The van der Waals surface area contributed by atoms with Crippen LogP contribution < -0.4 is 16.0 Å². The maximum absolute atomic E-state index is 11.9. The van der Waals surface area contributed by atoms with Crippen molar-refractivity contribution in [2.24, 2.45) is 0 Å². The van der Waals surface area contributed by atoms with Gasteiger partial charge in [0.2, 0.25) is 5.91 Å². The number of halogens is 1. The molecule has 1 saturated heterocycles. The van der Waals surface area contributed by atoms with Crippen LogP contribution in [0.4, 0.5) is 4.79 Å². The molecule has 0 aliphatic carbocycles. The molecule has 0 radical (unpaired) electrons. The molecule has 0 saturated carbocycles. The zero-order chi connectivity index (χ0) is 15.9. The molecular weight excluding hydrogens is 320 g/mol. The number of hydrogen-bond donors (Lipinski definition) is 3. The first-order valence-corrected chi connectivity index (χ1v) is 7.28. The number of amides is 4. The van der Waals surface area contributed by atoms with Gasteiger partial charge in [-0.1, -0.05) is 19.1 Å². The number of benzene rings is 1. The van der Waals surface area contributed by atoms with Gasteiger partial charge in [0.05, 0.1) is 13.1 Å². The monoisotopic (exact) mass is 340 g/mol. The summed E-state index contributed by atoms with van der Waals surface area (Å²) in [4.78, 5) is 36.0. The van der Waals surface area contributed by atoms with Gasteiger partial charge in [-0.2, -0.15) is 0 Å². The summed E-state index contributed by atoms with van der Waals surface area (Å²) < 4.78 is 0. The van der Waals surface area contributed by atoms with Gasteiger partial charge in [-0.25, -0.2) is 4.79 Å². The number of rotatable bonds is 7. The van der Waals surface area contributed by atoms with Crippen molar-refractivity contribution < 1.29 is 14.4 Å². The van der Waals surface area contributed by atoms with Gasteiger partial charge in [0.15, 0.2) is 0 Å². The molecule has 1 aliphatic heterocycles. The molecular formula is C15H21ClN4O3. The van der Waals surface area contributed by atoms with E-state index in [4.69, 9.17) is 0 Å². The van der Waals surface area contributed by atoms with Crippen LogP contribution in [0, 0.1) is 0 Å². The summed E-state index contributed by atoms with van der Waals surface area (Å²) in [6.45, 7) is 4.43. The highest BCUT2D eigenvalue weighted by atomic mass is 35.5. The Morgan fingerprint density at radius 2 is 1.91 bits per heavy atom. The quantitative estimate of drug-likeness (QED) is 0.498. The molecule has 1 aliphatic rings. The Hall–Kier alpha value is -2.12. The van der Waals surface area contributed by atoms with Crippen LogP contribution >= 0.6 is 12.4 Å². The van der Waals surface area contributed by atoms with Crippen LogP contribution in [-0.2, 0) is 11.3 Å². The van der Waals surface area contributed by atoms with E-state index in [2.05, 4.69) is 16.0 Å². The minimum Gasteiger partial charge on any atom is -0.351 e. The topological polar surface area (TPSA) is 90.5 Å². The Labute approximate surface area is 141 Å². The summed E-state index contributed by atoms with van der Waals surface area (Å²) in [5, 5.41) is 8.40. The third kappa shape index (κ3) is 5.22. The highest BCUT2D eigenvalue weighted by molar-refractivity contribution is 6.01. The number of imide groups is 1. The van der Waals surface area contributed by atoms with Gasteiger partial charge in [0.1, 0.15) is 0 Å². The van der Waals surface area contributed by atoms with E-state index in [-0.39, 0.29) is 43.3 Å². The third-order valence-corrected chi connectivity index (χ3v) is 3.33. The molecule has 0 aromatic heterocycles. The summed E-state index contributed by atoms with van der Waals surface area (Å²) in [6.07, 6.45) is 0. The Bertz CT molecular complexity index is 546. The normalized spacial score (nSPS) is 13.5. The molecule has 126 valence electrons. The van der Waals surface area contributed by atoms with Gasteiger partial charge in [0, 0.05) is 18.7 Å². The number of carbonyl (C=O) groups is 3. The van der Waals surface area contributed by atoms with Crippen molar-refractivity contribution in [1.29, 1.82) is 0 Å². The Morgan fingerprint density at radius 3 is 2.48 bits per heavy atom. The predicted octanol–water partition coefficient (Wildman–Crippen LogP) is 0.499. The fourth-order valence-electron chi connectivity index (χ4n) is 2.10. The molecule has 1 fully saturated rings. The zero-order valence-corrected chi connectivity index (χ0v) is 13.7. The fraction of sp³-hybridized carbons (Fsp3) is 0.400. The van der Waals surface area contributed by atoms with E-state index in [1.54, 1.807) is 24.3 Å². The van der Waals surface area contributed by atoms with Gasteiger partial charge >= 0.3 is 6.03 Å². The molecule has 1 aromatic rings. The standard InChI is InChI=1S/C15H20N4O3.ClH/c1-2-16-7-8-17-14(21)12-5-3-11(4-6-12)10-19-13(20)9-18-15(19)22;/h3-6,16H,2,7-10H2,1H3,(H,17,21)(H,18,22);1H. The molecule has 7 nitrogen and oxygen atoms in total. The Morgan fingerprint density at radius 1 is 1.22 bits per heavy atom. The van der Waals surface area contributed by atoms with Crippen LogP contribution in [0.25, 0.3) is 0 Å². The molecule has 0 bridgehead atoms. The van der Waals surface area contributed by atoms with Crippen LogP contribution in [0.1, 0.15) is 22.8 Å². The molecule has 23 heavy (non-hydrogen) atoms. The van der Waals surface area contributed by atoms with E-state index in [1.165, 1.54) is 0 Å². The van der Waals surface area contributed by atoms with E-state index in [9.17, 15) is 14.4 Å². The van der Waals surface area contributed by atoms with Crippen LogP contribution in [0.2, 0.25) is 0 Å². The molecule has 1 aromatic carbocycles. The van der Waals surface area contributed by atoms with Gasteiger partial charge in [-0.05, 0) is 24.2 Å². The average Bonchev–Trinajstić information content (AvgIpc) is 2.84. The molecule has 0 spiro atoms. The van der Waals surface area contributed by atoms with Crippen molar-refractivity contribution in [2.45, 2.75) is 13.5 Å². The minimum atomic E-state index is -0.379. The SMILES string of the molecule is CCNCCNC(=O)c1ccc(CN2C(=O)CNC2=O)cc1.Cl. The van der Waals surface area contributed by atoms with E-state index in [0.717, 1.165) is 23.6 Å². The van der Waals surface area contributed by atoms with E-state index in [0.29, 0.717) is 12.1 Å². The number of likely N-dealkylation sites (N-methyl/N-ethyl adjacent to an activating group) is 1. The highest BCUT2D eigenvalue weighted by Crippen LogP contribution is 2.10. The number of nitrogens with one attached hydrogen (secondary N) is 3. The van der Waals surface area contributed by atoms with Gasteiger partial charge in [-0.3, -0.25) is 14.5 Å². The van der Waals surface area contributed by atoms with Gasteiger partial charge in [0.25, 0.3) is 5.91 Å². The van der Waals surface area contributed by atoms with Crippen LogP contribution in [0.15, 0.2) is 24.3 Å². The van der Waals surface area contributed by atoms with Crippen molar-refractivity contribution in [3.8, 4) is 0 Å². The van der Waals surface area contributed by atoms with Gasteiger partial charge in [-0.15, -0.1) is 12.4 Å². The maximum atomic E-state index is 11.9. The van der Waals surface area contributed by atoms with Crippen LogP contribution in [0.3, 0.4) is 0 Å². The van der Waals surface area contributed by atoms with Gasteiger partial charge < -0.3 is 16.0 Å². The number of urea groups is 1. The minimum absolute atomic E-state index is 0. The summed E-state index contributed by atoms with van der Waals surface area (Å²) in [5.41, 5.74) is 1.35. The largest absolute Gasteiger partial charge is 0.351 e. The first-order chi connectivity index (χ1) is 10.6. The van der Waals surface area contributed by atoms with Crippen molar-refractivity contribution in [2.75, 3.05) is 26.2 Å². The summed E-state index contributed by atoms with van der Waals surface area (Å²) in [6, 6.07) is 6.50. The fourth-order valence-corrected chi connectivity index (χ4v) is 2.10. The molecule has 0 unspecified atom stereocenters. The second kappa shape index (κ2) is 9.12. The first kappa shape index (κ1) is 18.9. The van der Waals surface area contributed by atoms with Crippen LogP contribution in [0.5, 0.6) is 0 Å². The van der Waals surface area contributed by atoms with Crippen LogP contribution in [-0.4, -0.2) is 48.9 Å². The maximum Gasteiger partial charge on any atom is 0.324 e. The molecule has 3 N–H and O–H groups in total. The van der Waals surface area contributed by atoms with E-state index >= 15 is 0 Å².